The number of amides is 1. The topological polar surface area (TPSA) is 86.9 Å². The molecule has 8 heteroatoms. The van der Waals surface area contributed by atoms with Crippen LogP contribution in [0.25, 0.3) is 0 Å². The number of rotatable bonds is 4. The first-order valence-electron chi connectivity index (χ1n) is 10.9. The van der Waals surface area contributed by atoms with E-state index in [2.05, 4.69) is 57.3 Å². The number of fused-ring (bicyclic) bond motifs is 2. The van der Waals surface area contributed by atoms with Crippen LogP contribution in [0.3, 0.4) is 0 Å². The van der Waals surface area contributed by atoms with Gasteiger partial charge in [-0.25, -0.2) is 4.79 Å². The van der Waals surface area contributed by atoms with E-state index in [1.165, 1.54) is 22.4 Å². The number of carboxylic acid groups (broad SMARTS) is 1. The molecule has 0 atom stereocenters. The number of hydrogen-bond acceptors (Lipinski definition) is 6. The molecule has 2 aliphatic rings. The molecule has 0 aliphatic carbocycles. The molecule has 2 aliphatic heterocycles. The number of thiophene rings is 1. The van der Waals surface area contributed by atoms with Gasteiger partial charge in [0, 0.05) is 47.3 Å². The zero-order valence-electron chi connectivity index (χ0n) is 18.4. The van der Waals surface area contributed by atoms with E-state index >= 15 is 0 Å². The Bertz CT molecular complexity index is 1120. The van der Waals surface area contributed by atoms with Crippen molar-refractivity contribution in [2.45, 2.75) is 42.1 Å². The van der Waals surface area contributed by atoms with Crippen molar-refractivity contribution >= 4 is 46.3 Å². The van der Waals surface area contributed by atoms with Gasteiger partial charge >= 0.3 is 5.97 Å². The fourth-order valence-electron chi connectivity index (χ4n) is 4.27. The normalized spacial score (nSPS) is 15.7. The van der Waals surface area contributed by atoms with Gasteiger partial charge in [0.25, 0.3) is 0 Å². The Morgan fingerprint density at radius 3 is 2.39 bits per heavy atom. The summed E-state index contributed by atoms with van der Waals surface area (Å²) in [5.41, 5.74) is 7.20. The number of piperidine rings is 1. The second kappa shape index (κ2) is 10.4. The van der Waals surface area contributed by atoms with Crippen LogP contribution in [0.15, 0.2) is 69.8 Å². The zero-order chi connectivity index (χ0) is 23.4. The molecule has 0 spiro atoms. The molecule has 0 saturated carbocycles. The van der Waals surface area contributed by atoms with Crippen LogP contribution in [0.5, 0.6) is 0 Å². The SMILES string of the molecule is CC(N)=O.O=C(O)c1ccc2c(c1)Sc1ccccc1N2C1CCN(Cc2cccs2)CC1. The van der Waals surface area contributed by atoms with Crippen molar-refractivity contribution < 1.29 is 14.7 Å². The summed E-state index contributed by atoms with van der Waals surface area (Å²) < 4.78 is 0. The van der Waals surface area contributed by atoms with Crippen LogP contribution in [0.2, 0.25) is 0 Å². The molecular weight excluding hydrogens is 454 g/mol. The van der Waals surface area contributed by atoms with E-state index in [1.54, 1.807) is 17.8 Å². The van der Waals surface area contributed by atoms with Crippen LogP contribution in [0, 0.1) is 0 Å². The summed E-state index contributed by atoms with van der Waals surface area (Å²) in [5, 5.41) is 11.5. The molecule has 3 N–H and O–H groups in total. The number of aromatic carboxylic acids is 1. The van der Waals surface area contributed by atoms with E-state index in [0.717, 1.165) is 43.1 Å². The molecule has 0 unspecified atom stereocenters. The third kappa shape index (κ3) is 5.58. The smallest absolute Gasteiger partial charge is 0.335 e. The Balaban J connectivity index is 0.000000601. The van der Waals surface area contributed by atoms with E-state index in [9.17, 15) is 14.7 Å². The third-order valence-corrected chi connectivity index (χ3v) is 7.67. The Labute approximate surface area is 202 Å². The summed E-state index contributed by atoms with van der Waals surface area (Å²) in [6.07, 6.45) is 2.20. The van der Waals surface area contributed by atoms with Gasteiger partial charge in [0.05, 0.1) is 16.9 Å². The molecule has 3 aromatic rings. The maximum atomic E-state index is 11.5. The average Bonchev–Trinajstić information content (AvgIpc) is 3.30. The number of carboxylic acids is 1. The standard InChI is InChI=1S/C23H22N2O2S2.C2H5NO/c26-23(27)16-7-8-20-22(14-16)29-21-6-2-1-5-19(21)25(20)17-9-11-24(12-10-17)15-18-4-3-13-28-18;1-2(3)4/h1-8,13-14,17H,9-12,15H2,(H,26,27);1H3,(H2,3,4). The molecule has 33 heavy (non-hydrogen) atoms. The quantitative estimate of drug-likeness (QED) is 0.532. The number of primary amides is 1. The third-order valence-electron chi connectivity index (χ3n) is 5.69. The van der Waals surface area contributed by atoms with Crippen LogP contribution in [-0.4, -0.2) is 41.0 Å². The van der Waals surface area contributed by atoms with Crippen molar-refractivity contribution in [2.24, 2.45) is 5.73 Å². The van der Waals surface area contributed by atoms with Gasteiger partial charge in [-0.1, -0.05) is 30.0 Å². The number of para-hydroxylation sites is 1. The molecule has 3 heterocycles. The zero-order valence-corrected chi connectivity index (χ0v) is 20.1. The Kier molecular flexibility index (Phi) is 7.37. The summed E-state index contributed by atoms with van der Waals surface area (Å²) in [4.78, 5) is 29.3. The highest BCUT2D eigenvalue weighted by molar-refractivity contribution is 7.99. The number of benzene rings is 2. The monoisotopic (exact) mass is 481 g/mol. The molecule has 0 bridgehead atoms. The fourth-order valence-corrected chi connectivity index (χ4v) is 6.13. The number of carbonyl (C=O) groups excluding carboxylic acids is 1. The van der Waals surface area contributed by atoms with Crippen molar-refractivity contribution in [3.8, 4) is 0 Å². The first kappa shape index (κ1) is 23.4. The van der Waals surface area contributed by atoms with Crippen molar-refractivity contribution in [3.63, 3.8) is 0 Å². The summed E-state index contributed by atoms with van der Waals surface area (Å²) in [6.45, 7) is 4.50. The summed E-state index contributed by atoms with van der Waals surface area (Å²) >= 11 is 3.50. The van der Waals surface area contributed by atoms with Gasteiger partial charge in [-0.2, -0.15) is 0 Å². The number of anilines is 2. The van der Waals surface area contributed by atoms with Gasteiger partial charge in [-0.15, -0.1) is 11.3 Å². The van der Waals surface area contributed by atoms with E-state index in [1.807, 2.05) is 23.5 Å². The second-order valence-corrected chi connectivity index (χ2v) is 10.2. The summed E-state index contributed by atoms with van der Waals surface area (Å²) in [7, 11) is 0. The van der Waals surface area contributed by atoms with Gasteiger partial charge in [0.2, 0.25) is 5.91 Å². The lowest BCUT2D eigenvalue weighted by atomic mass is 10.0. The van der Waals surface area contributed by atoms with Crippen molar-refractivity contribution in [1.29, 1.82) is 0 Å². The van der Waals surface area contributed by atoms with Gasteiger partial charge in [-0.3, -0.25) is 9.69 Å². The van der Waals surface area contributed by atoms with Gasteiger partial charge < -0.3 is 15.7 Å². The first-order valence-corrected chi connectivity index (χ1v) is 12.6. The van der Waals surface area contributed by atoms with Gasteiger partial charge in [-0.05, 0) is 54.6 Å². The minimum absolute atomic E-state index is 0.333. The fraction of sp³-hybridized carbons (Fsp3) is 0.280. The largest absolute Gasteiger partial charge is 0.478 e. The Morgan fingerprint density at radius 1 is 1.03 bits per heavy atom. The van der Waals surface area contributed by atoms with E-state index in [-0.39, 0.29) is 5.91 Å². The number of hydrogen-bond donors (Lipinski definition) is 2. The van der Waals surface area contributed by atoms with Crippen molar-refractivity contribution in [2.75, 3.05) is 18.0 Å². The highest BCUT2D eigenvalue weighted by Gasteiger charge is 2.32. The number of nitrogens with zero attached hydrogens (tertiary/aromatic N) is 2. The van der Waals surface area contributed by atoms with Crippen LogP contribution in [-0.2, 0) is 11.3 Å². The van der Waals surface area contributed by atoms with E-state index in [4.69, 9.17) is 0 Å². The molecule has 172 valence electrons. The molecule has 1 fully saturated rings. The van der Waals surface area contributed by atoms with Crippen molar-refractivity contribution in [3.05, 3.63) is 70.4 Å². The molecule has 2 aromatic carbocycles. The van der Waals surface area contributed by atoms with Crippen LogP contribution in [0.1, 0.15) is 35.0 Å². The number of likely N-dealkylation sites (tertiary alicyclic amines) is 1. The molecule has 5 rings (SSSR count). The number of carbonyl (C=O) groups is 2. The van der Waals surface area contributed by atoms with E-state index < -0.39 is 5.97 Å². The first-order chi connectivity index (χ1) is 15.9. The highest BCUT2D eigenvalue weighted by atomic mass is 32.2. The Morgan fingerprint density at radius 2 is 1.73 bits per heavy atom. The number of nitrogens with two attached hydrogens (primary N) is 1. The van der Waals surface area contributed by atoms with Crippen molar-refractivity contribution in [1.82, 2.24) is 4.90 Å². The molecule has 1 saturated heterocycles. The van der Waals surface area contributed by atoms with Gasteiger partial charge in [0.1, 0.15) is 0 Å². The molecule has 1 amide bonds. The van der Waals surface area contributed by atoms with Gasteiger partial charge in [0.15, 0.2) is 0 Å². The Hall–Kier alpha value is -2.81. The molecule has 0 radical (unpaired) electrons. The lowest BCUT2D eigenvalue weighted by Crippen LogP contribution is -2.43. The minimum Gasteiger partial charge on any atom is -0.478 e. The lowest BCUT2D eigenvalue weighted by molar-refractivity contribution is -0.115. The maximum absolute atomic E-state index is 11.5. The summed E-state index contributed by atoms with van der Waals surface area (Å²) in [5.74, 6) is -1.21. The lowest BCUT2D eigenvalue weighted by Gasteiger charge is -2.42. The summed E-state index contributed by atoms with van der Waals surface area (Å²) in [6, 6.07) is 18.8. The van der Waals surface area contributed by atoms with E-state index in [0.29, 0.717) is 11.6 Å². The predicted molar refractivity (Wildman–Crippen MR) is 134 cm³/mol. The molecule has 1 aromatic heterocycles. The molecular formula is C25H27N3O3S2. The predicted octanol–water partition coefficient (Wildman–Crippen LogP) is 5.21. The molecule has 6 nitrogen and oxygen atoms in total. The van der Waals surface area contributed by atoms with Crippen LogP contribution >= 0.6 is 23.1 Å². The van der Waals surface area contributed by atoms with Crippen LogP contribution < -0.4 is 10.6 Å². The van der Waals surface area contributed by atoms with Crippen LogP contribution in [0.4, 0.5) is 11.4 Å². The maximum Gasteiger partial charge on any atom is 0.335 e. The second-order valence-electron chi connectivity index (χ2n) is 8.12. The highest BCUT2D eigenvalue weighted by Crippen LogP contribution is 2.50. The average molecular weight is 482 g/mol. The minimum atomic E-state index is -0.874.